The van der Waals surface area contributed by atoms with E-state index in [-0.39, 0.29) is 5.91 Å². The van der Waals surface area contributed by atoms with Gasteiger partial charge in [0.15, 0.2) is 0 Å². The molecule has 0 bridgehead atoms. The molecule has 0 aromatic carbocycles. The molecule has 0 heterocycles. The molecular weight excluding hydrogens is 230 g/mol. The molecule has 2 N–H and O–H groups in total. The number of carboxylic acid groups (broad SMARTS) is 1. The molecule has 1 amide bonds. The molecule has 4 heteroatoms. The standard InChI is InChI=1S/C14H27NO3/c1-6-7-8-11(12(16)17)15-13(18)14(4,5)9-10(2)3/h10-11H,6-9H2,1-5H3,(H,15,18)(H,16,17). The van der Waals surface area contributed by atoms with Crippen LogP contribution in [0.5, 0.6) is 0 Å². The minimum absolute atomic E-state index is 0.167. The van der Waals surface area contributed by atoms with Gasteiger partial charge in [0.1, 0.15) is 6.04 Å². The largest absolute Gasteiger partial charge is 0.480 e. The summed E-state index contributed by atoms with van der Waals surface area (Å²) >= 11 is 0. The quantitative estimate of drug-likeness (QED) is 0.702. The molecule has 106 valence electrons. The molecule has 0 aromatic rings. The van der Waals surface area contributed by atoms with Crippen molar-refractivity contribution < 1.29 is 14.7 Å². The van der Waals surface area contributed by atoms with E-state index >= 15 is 0 Å². The van der Waals surface area contributed by atoms with Gasteiger partial charge in [-0.05, 0) is 18.8 Å². The molecule has 0 aliphatic carbocycles. The van der Waals surface area contributed by atoms with Gasteiger partial charge in [0.05, 0.1) is 0 Å². The maximum Gasteiger partial charge on any atom is 0.326 e. The van der Waals surface area contributed by atoms with Crippen molar-refractivity contribution in [1.82, 2.24) is 5.32 Å². The van der Waals surface area contributed by atoms with Gasteiger partial charge in [0, 0.05) is 5.41 Å². The Kier molecular flexibility index (Phi) is 6.96. The Balaban J connectivity index is 4.53. The fraction of sp³-hybridized carbons (Fsp3) is 0.857. The van der Waals surface area contributed by atoms with Gasteiger partial charge in [-0.1, -0.05) is 47.5 Å². The van der Waals surface area contributed by atoms with Crippen LogP contribution in [0.1, 0.15) is 60.3 Å². The average molecular weight is 257 g/mol. The lowest BCUT2D eigenvalue weighted by molar-refractivity contribution is -0.143. The lowest BCUT2D eigenvalue weighted by Crippen LogP contribution is -2.47. The maximum absolute atomic E-state index is 12.1. The predicted molar refractivity (Wildman–Crippen MR) is 72.3 cm³/mol. The van der Waals surface area contributed by atoms with E-state index < -0.39 is 17.4 Å². The van der Waals surface area contributed by atoms with Crippen molar-refractivity contribution in [3.63, 3.8) is 0 Å². The van der Waals surface area contributed by atoms with Crippen LogP contribution >= 0.6 is 0 Å². The van der Waals surface area contributed by atoms with E-state index in [1.54, 1.807) is 0 Å². The zero-order chi connectivity index (χ0) is 14.3. The second kappa shape index (κ2) is 7.39. The Morgan fingerprint density at radius 3 is 2.22 bits per heavy atom. The Hall–Kier alpha value is -1.06. The molecular formula is C14H27NO3. The van der Waals surface area contributed by atoms with E-state index in [0.717, 1.165) is 19.3 Å². The summed E-state index contributed by atoms with van der Waals surface area (Å²) in [4.78, 5) is 23.2. The number of hydrogen-bond donors (Lipinski definition) is 2. The Morgan fingerprint density at radius 1 is 1.28 bits per heavy atom. The molecule has 0 spiro atoms. The second-order valence-corrected chi connectivity index (χ2v) is 5.99. The van der Waals surface area contributed by atoms with Gasteiger partial charge in [-0.3, -0.25) is 4.79 Å². The highest BCUT2D eigenvalue weighted by Gasteiger charge is 2.31. The third-order valence-electron chi connectivity index (χ3n) is 2.98. The monoisotopic (exact) mass is 257 g/mol. The molecule has 0 saturated carbocycles. The van der Waals surface area contributed by atoms with Crippen molar-refractivity contribution >= 4 is 11.9 Å². The number of carbonyl (C=O) groups is 2. The molecule has 0 aliphatic rings. The number of hydrogen-bond acceptors (Lipinski definition) is 2. The van der Waals surface area contributed by atoms with Gasteiger partial charge < -0.3 is 10.4 Å². The van der Waals surface area contributed by atoms with Gasteiger partial charge >= 0.3 is 5.97 Å². The van der Waals surface area contributed by atoms with Crippen molar-refractivity contribution in [3.8, 4) is 0 Å². The number of nitrogens with one attached hydrogen (secondary N) is 1. The summed E-state index contributed by atoms with van der Waals surface area (Å²) in [5.41, 5.74) is -0.520. The number of carbonyl (C=O) groups excluding carboxylic acids is 1. The van der Waals surface area contributed by atoms with Gasteiger partial charge in [0.25, 0.3) is 0 Å². The molecule has 0 saturated heterocycles. The predicted octanol–water partition coefficient (Wildman–Crippen LogP) is 2.82. The number of amides is 1. The zero-order valence-electron chi connectivity index (χ0n) is 12.2. The third-order valence-corrected chi connectivity index (χ3v) is 2.98. The number of unbranched alkanes of at least 4 members (excludes halogenated alkanes) is 1. The highest BCUT2D eigenvalue weighted by Crippen LogP contribution is 2.25. The molecule has 0 fully saturated rings. The first-order valence-electron chi connectivity index (χ1n) is 6.74. The average Bonchev–Trinajstić information content (AvgIpc) is 2.21. The highest BCUT2D eigenvalue weighted by molar-refractivity contribution is 5.86. The van der Waals surface area contributed by atoms with Crippen LogP contribution in [0.3, 0.4) is 0 Å². The van der Waals surface area contributed by atoms with Crippen LogP contribution in [0, 0.1) is 11.3 Å². The second-order valence-electron chi connectivity index (χ2n) is 5.99. The lowest BCUT2D eigenvalue weighted by atomic mass is 9.83. The first kappa shape index (κ1) is 16.9. The van der Waals surface area contributed by atoms with Gasteiger partial charge in [-0.25, -0.2) is 4.79 Å². The fourth-order valence-corrected chi connectivity index (χ4v) is 2.13. The summed E-state index contributed by atoms with van der Waals surface area (Å²) in [5.74, 6) is -0.707. The topological polar surface area (TPSA) is 66.4 Å². The Labute approximate surface area is 110 Å². The molecule has 0 radical (unpaired) electrons. The van der Waals surface area contributed by atoms with Crippen LogP contribution in [0.25, 0.3) is 0 Å². The van der Waals surface area contributed by atoms with Crippen molar-refractivity contribution in [2.45, 2.75) is 66.3 Å². The van der Waals surface area contributed by atoms with Crippen molar-refractivity contribution in [1.29, 1.82) is 0 Å². The van der Waals surface area contributed by atoms with Crippen LogP contribution < -0.4 is 5.32 Å². The first-order chi connectivity index (χ1) is 8.20. The molecule has 4 nitrogen and oxygen atoms in total. The Bertz CT molecular complexity index is 285. The third kappa shape index (κ3) is 6.03. The summed E-state index contributed by atoms with van der Waals surface area (Å²) in [5, 5.41) is 11.7. The minimum Gasteiger partial charge on any atom is -0.480 e. The van der Waals surface area contributed by atoms with E-state index in [1.807, 2.05) is 20.8 Å². The SMILES string of the molecule is CCCCC(NC(=O)C(C)(C)CC(C)C)C(=O)O. The first-order valence-corrected chi connectivity index (χ1v) is 6.74. The van der Waals surface area contributed by atoms with Gasteiger partial charge in [0.2, 0.25) is 5.91 Å². The lowest BCUT2D eigenvalue weighted by Gasteiger charge is -2.27. The van der Waals surface area contributed by atoms with Crippen LogP contribution in [0.4, 0.5) is 0 Å². The van der Waals surface area contributed by atoms with E-state index in [9.17, 15) is 9.59 Å². The molecule has 18 heavy (non-hydrogen) atoms. The molecule has 1 atom stereocenters. The molecule has 0 aromatic heterocycles. The molecule has 0 aliphatic heterocycles. The van der Waals surface area contributed by atoms with E-state index in [0.29, 0.717) is 12.3 Å². The fourth-order valence-electron chi connectivity index (χ4n) is 2.13. The van der Waals surface area contributed by atoms with Crippen LogP contribution in [-0.4, -0.2) is 23.0 Å². The maximum atomic E-state index is 12.1. The normalized spacial score (nSPS) is 13.4. The number of carboxylic acids is 1. The van der Waals surface area contributed by atoms with Crippen LogP contribution in [-0.2, 0) is 9.59 Å². The summed E-state index contributed by atoms with van der Waals surface area (Å²) < 4.78 is 0. The Morgan fingerprint density at radius 2 is 1.83 bits per heavy atom. The van der Waals surface area contributed by atoms with Crippen molar-refractivity contribution in [2.24, 2.45) is 11.3 Å². The minimum atomic E-state index is -0.947. The summed E-state index contributed by atoms with van der Waals surface area (Å²) in [7, 11) is 0. The summed E-state index contributed by atoms with van der Waals surface area (Å²) in [6, 6.07) is -0.760. The van der Waals surface area contributed by atoms with E-state index in [2.05, 4.69) is 19.2 Å². The van der Waals surface area contributed by atoms with Gasteiger partial charge in [-0.2, -0.15) is 0 Å². The number of rotatable bonds is 8. The van der Waals surface area contributed by atoms with Crippen LogP contribution in [0.2, 0.25) is 0 Å². The molecule has 1 unspecified atom stereocenters. The summed E-state index contributed by atoms with van der Waals surface area (Å²) in [6.07, 6.45) is 2.98. The van der Waals surface area contributed by atoms with E-state index in [4.69, 9.17) is 5.11 Å². The van der Waals surface area contributed by atoms with Crippen molar-refractivity contribution in [3.05, 3.63) is 0 Å². The molecule has 0 rings (SSSR count). The highest BCUT2D eigenvalue weighted by atomic mass is 16.4. The smallest absolute Gasteiger partial charge is 0.326 e. The van der Waals surface area contributed by atoms with E-state index in [1.165, 1.54) is 0 Å². The van der Waals surface area contributed by atoms with Crippen molar-refractivity contribution in [2.75, 3.05) is 0 Å². The number of aliphatic carboxylic acids is 1. The van der Waals surface area contributed by atoms with Crippen LogP contribution in [0.15, 0.2) is 0 Å². The summed E-state index contributed by atoms with van der Waals surface area (Å²) in [6.45, 7) is 9.84. The zero-order valence-corrected chi connectivity index (χ0v) is 12.2. The van der Waals surface area contributed by atoms with Gasteiger partial charge in [-0.15, -0.1) is 0 Å².